The number of carbonyl (C=O) groups is 1. The molecule has 3 N–H and O–H groups in total. The molecule has 0 aliphatic rings. The van der Waals surface area contributed by atoms with E-state index in [2.05, 4.69) is 11.4 Å². The van der Waals surface area contributed by atoms with Crippen molar-refractivity contribution in [1.29, 1.82) is 0 Å². The molecule has 0 aromatic carbocycles. The predicted molar refractivity (Wildman–Crippen MR) is 95.1 cm³/mol. The van der Waals surface area contributed by atoms with E-state index in [1.807, 2.05) is 0 Å². The molecule has 25 heavy (non-hydrogen) atoms. The van der Waals surface area contributed by atoms with Gasteiger partial charge in [-0.05, 0) is 6.42 Å². The van der Waals surface area contributed by atoms with Gasteiger partial charge in [0.05, 0.1) is 19.8 Å². The molecule has 2 atom stereocenters. The zero-order valence-electron chi connectivity index (χ0n) is 15.5. The highest BCUT2D eigenvalue weighted by atomic mass is 31.2. The van der Waals surface area contributed by atoms with Crippen LogP contribution in [0.3, 0.4) is 0 Å². The number of rotatable bonds is 17. The molecule has 0 fully saturated rings. The fourth-order valence-electron chi connectivity index (χ4n) is 1.97. The van der Waals surface area contributed by atoms with Crippen LogP contribution in [0.4, 0.5) is 0 Å². The second-order valence-corrected chi connectivity index (χ2v) is 7.15. The first-order valence-electron chi connectivity index (χ1n) is 9.04. The summed E-state index contributed by atoms with van der Waals surface area (Å²) in [5, 5.41) is 0. The Morgan fingerprint density at radius 1 is 1.04 bits per heavy atom. The number of unbranched alkanes of at least 4 members (excludes halogenated alkanes) is 5. The lowest BCUT2D eigenvalue weighted by atomic mass is 10.1. The van der Waals surface area contributed by atoms with Gasteiger partial charge in [-0.3, -0.25) is 13.8 Å². The van der Waals surface area contributed by atoms with E-state index >= 15 is 0 Å². The average molecular weight is 383 g/mol. The number of esters is 1. The van der Waals surface area contributed by atoms with Gasteiger partial charge < -0.3 is 20.1 Å². The fraction of sp³-hybridized carbons (Fsp3) is 0.938. The second kappa shape index (κ2) is 15.7. The van der Waals surface area contributed by atoms with Gasteiger partial charge in [-0.25, -0.2) is 4.57 Å². The third kappa shape index (κ3) is 15.5. The van der Waals surface area contributed by atoms with Crippen LogP contribution in [0.1, 0.15) is 58.8 Å². The van der Waals surface area contributed by atoms with Crippen molar-refractivity contribution in [1.82, 2.24) is 0 Å². The molecule has 0 radical (unpaired) electrons. The van der Waals surface area contributed by atoms with E-state index in [0.717, 1.165) is 12.8 Å². The minimum absolute atomic E-state index is 0.0955. The Morgan fingerprint density at radius 2 is 1.72 bits per heavy atom. The summed E-state index contributed by atoms with van der Waals surface area (Å²) in [6, 6.07) is 0. The van der Waals surface area contributed by atoms with Crippen molar-refractivity contribution in [3.05, 3.63) is 0 Å². The normalized spacial score (nSPS) is 14.9. The monoisotopic (exact) mass is 383 g/mol. The van der Waals surface area contributed by atoms with Crippen molar-refractivity contribution in [2.45, 2.75) is 64.9 Å². The Morgan fingerprint density at radius 3 is 2.36 bits per heavy atom. The number of hydrogen-bond acceptors (Lipinski definition) is 7. The van der Waals surface area contributed by atoms with E-state index in [-0.39, 0.29) is 32.8 Å². The zero-order chi connectivity index (χ0) is 19.0. The van der Waals surface area contributed by atoms with Crippen LogP contribution < -0.4 is 5.73 Å². The Balaban J connectivity index is 4.09. The van der Waals surface area contributed by atoms with Gasteiger partial charge in [0.1, 0.15) is 6.10 Å². The molecular formula is C16H34NO7P. The van der Waals surface area contributed by atoms with Crippen molar-refractivity contribution in [3.63, 3.8) is 0 Å². The smallest absolute Gasteiger partial charge is 0.457 e. The van der Waals surface area contributed by atoms with Crippen molar-refractivity contribution in [2.75, 3.05) is 33.0 Å². The van der Waals surface area contributed by atoms with E-state index in [0.29, 0.717) is 6.61 Å². The van der Waals surface area contributed by atoms with Gasteiger partial charge in [-0.2, -0.15) is 0 Å². The molecule has 9 heteroatoms. The Labute approximate surface area is 151 Å². The summed E-state index contributed by atoms with van der Waals surface area (Å²) in [4.78, 5) is 20.9. The summed E-state index contributed by atoms with van der Waals surface area (Å²) in [7, 11) is -4.20. The molecule has 0 aliphatic heterocycles. The third-order valence-corrected chi connectivity index (χ3v) is 4.31. The Bertz CT molecular complexity index is 381. The summed E-state index contributed by atoms with van der Waals surface area (Å²) in [6.45, 7) is 4.23. The Hall–Kier alpha value is -0.500. The molecule has 0 heterocycles. The van der Waals surface area contributed by atoms with Gasteiger partial charge >= 0.3 is 13.8 Å². The van der Waals surface area contributed by atoms with Gasteiger partial charge in [-0.1, -0.05) is 46.0 Å². The van der Waals surface area contributed by atoms with Crippen LogP contribution in [0.2, 0.25) is 0 Å². The van der Waals surface area contributed by atoms with Crippen LogP contribution >= 0.6 is 7.82 Å². The largest absolute Gasteiger partial charge is 0.472 e. The highest BCUT2D eigenvalue weighted by Gasteiger charge is 2.24. The maximum atomic E-state index is 11.6. The first-order valence-corrected chi connectivity index (χ1v) is 10.5. The topological polar surface area (TPSA) is 117 Å². The molecule has 8 nitrogen and oxygen atoms in total. The Kier molecular flexibility index (Phi) is 15.4. The first kappa shape index (κ1) is 24.5. The fourth-order valence-corrected chi connectivity index (χ4v) is 2.73. The van der Waals surface area contributed by atoms with Gasteiger partial charge in [0.15, 0.2) is 0 Å². The van der Waals surface area contributed by atoms with Crippen LogP contribution in [0.15, 0.2) is 0 Å². The van der Waals surface area contributed by atoms with Crippen molar-refractivity contribution in [3.8, 4) is 0 Å². The molecule has 0 saturated carbocycles. The summed E-state index contributed by atoms with van der Waals surface area (Å²) >= 11 is 0. The van der Waals surface area contributed by atoms with Crippen LogP contribution in [0.25, 0.3) is 0 Å². The molecule has 0 aromatic rings. The van der Waals surface area contributed by atoms with E-state index in [1.165, 1.54) is 25.7 Å². The predicted octanol–water partition coefficient (Wildman–Crippen LogP) is 2.78. The number of carbonyl (C=O) groups excluding carboxylic acids is 1. The van der Waals surface area contributed by atoms with Crippen LogP contribution in [-0.2, 0) is 27.9 Å². The van der Waals surface area contributed by atoms with E-state index in [4.69, 9.17) is 19.7 Å². The highest BCUT2D eigenvalue weighted by Crippen LogP contribution is 2.43. The number of phosphoric acid groups is 1. The standard InChI is InChI=1S/C16H34NO7P/c1-3-5-6-7-8-9-11-21-13-15(24-16(18)4-2)14-23-25(19,20)22-12-10-17/h15H,3-14,17H2,1-2H3,(H,19,20). The average Bonchev–Trinajstić information content (AvgIpc) is 2.59. The number of nitrogens with two attached hydrogens (primary N) is 1. The molecule has 0 aliphatic carbocycles. The zero-order valence-corrected chi connectivity index (χ0v) is 16.4. The molecule has 150 valence electrons. The maximum Gasteiger partial charge on any atom is 0.472 e. The number of ether oxygens (including phenoxy) is 2. The molecule has 0 rings (SSSR count). The van der Waals surface area contributed by atoms with Crippen molar-refractivity contribution in [2.24, 2.45) is 5.73 Å². The summed E-state index contributed by atoms with van der Waals surface area (Å²) in [5.41, 5.74) is 5.21. The third-order valence-electron chi connectivity index (χ3n) is 3.33. The summed E-state index contributed by atoms with van der Waals surface area (Å²) in [6.07, 6.45) is 6.34. The second-order valence-electron chi connectivity index (χ2n) is 5.69. The van der Waals surface area contributed by atoms with Gasteiger partial charge in [-0.15, -0.1) is 0 Å². The maximum absolute atomic E-state index is 11.6. The molecule has 0 spiro atoms. The number of hydrogen-bond donors (Lipinski definition) is 2. The van der Waals surface area contributed by atoms with Crippen LogP contribution in [-0.4, -0.2) is 49.9 Å². The lowest BCUT2D eigenvalue weighted by Crippen LogP contribution is -2.28. The molecule has 0 bridgehead atoms. The SMILES string of the molecule is CCCCCCCCOCC(COP(=O)(O)OCCN)OC(=O)CC. The van der Waals surface area contributed by atoms with E-state index in [1.54, 1.807) is 6.92 Å². The van der Waals surface area contributed by atoms with Crippen LogP contribution in [0.5, 0.6) is 0 Å². The van der Waals surface area contributed by atoms with Crippen molar-refractivity contribution < 1.29 is 32.8 Å². The van der Waals surface area contributed by atoms with Gasteiger partial charge in [0.2, 0.25) is 0 Å². The summed E-state index contributed by atoms with van der Waals surface area (Å²) in [5.74, 6) is -0.424. The van der Waals surface area contributed by atoms with Crippen LogP contribution in [0, 0.1) is 0 Å². The van der Waals surface area contributed by atoms with E-state index in [9.17, 15) is 14.3 Å². The minimum Gasteiger partial charge on any atom is -0.457 e. The van der Waals surface area contributed by atoms with E-state index < -0.39 is 19.9 Å². The lowest BCUT2D eigenvalue weighted by molar-refractivity contribution is -0.154. The molecule has 0 amide bonds. The highest BCUT2D eigenvalue weighted by molar-refractivity contribution is 7.47. The quantitative estimate of drug-likeness (QED) is 0.224. The minimum atomic E-state index is -4.20. The molecule has 2 unspecified atom stereocenters. The molecular weight excluding hydrogens is 349 g/mol. The first-order chi connectivity index (χ1) is 11.9. The summed E-state index contributed by atoms with van der Waals surface area (Å²) < 4.78 is 31.7. The van der Waals surface area contributed by atoms with Crippen molar-refractivity contribution >= 4 is 13.8 Å². The van der Waals surface area contributed by atoms with Gasteiger partial charge in [0.25, 0.3) is 0 Å². The molecule has 0 saturated heterocycles. The lowest BCUT2D eigenvalue weighted by Gasteiger charge is -2.19. The van der Waals surface area contributed by atoms with Gasteiger partial charge in [0, 0.05) is 19.6 Å². The number of phosphoric ester groups is 1. The molecule has 0 aromatic heterocycles.